The fourth-order valence-electron chi connectivity index (χ4n) is 1.84. The molecule has 2 heterocycles. The summed E-state index contributed by atoms with van der Waals surface area (Å²) in [7, 11) is -0.371. The summed E-state index contributed by atoms with van der Waals surface area (Å²) in [5.74, 6) is 0.495. The van der Waals surface area contributed by atoms with Gasteiger partial charge in [0.1, 0.15) is 5.82 Å². The van der Waals surface area contributed by atoms with Gasteiger partial charge in [0.25, 0.3) is 0 Å². The van der Waals surface area contributed by atoms with Crippen molar-refractivity contribution in [2.75, 3.05) is 5.73 Å². The third kappa shape index (κ3) is 2.17. The van der Waals surface area contributed by atoms with Crippen LogP contribution < -0.4 is 11.2 Å². The van der Waals surface area contributed by atoms with E-state index in [9.17, 15) is 0 Å². The minimum atomic E-state index is -0.371. The Bertz CT molecular complexity index is 410. The topological polar surface area (TPSA) is 57.4 Å². The molecule has 92 valence electrons. The maximum atomic E-state index is 5.95. The highest BCUT2D eigenvalue weighted by molar-refractivity contribution is 6.62. The van der Waals surface area contributed by atoms with Crippen LogP contribution in [0.15, 0.2) is 12.1 Å². The third-order valence-corrected chi connectivity index (χ3v) is 3.52. The van der Waals surface area contributed by atoms with Crippen LogP contribution in [0.1, 0.15) is 33.4 Å². The van der Waals surface area contributed by atoms with Crippen LogP contribution in [0, 0.1) is 6.92 Å². The van der Waals surface area contributed by atoms with Crippen molar-refractivity contribution in [1.82, 2.24) is 4.98 Å². The first-order chi connectivity index (χ1) is 7.71. The molecule has 1 aromatic heterocycles. The molecule has 1 aromatic rings. The maximum absolute atomic E-state index is 5.95. The highest BCUT2D eigenvalue weighted by Crippen LogP contribution is 2.36. The molecule has 0 aromatic carbocycles. The van der Waals surface area contributed by atoms with Crippen molar-refractivity contribution in [3.05, 3.63) is 17.8 Å². The number of nitrogen functional groups attached to an aromatic ring is 1. The molecule has 0 atom stereocenters. The minimum absolute atomic E-state index is 0.330. The van der Waals surface area contributed by atoms with Gasteiger partial charge in [-0.25, -0.2) is 4.98 Å². The van der Waals surface area contributed by atoms with Crippen LogP contribution in [0.2, 0.25) is 0 Å². The molecule has 2 rings (SSSR count). The van der Waals surface area contributed by atoms with E-state index < -0.39 is 0 Å². The Morgan fingerprint density at radius 1 is 1.12 bits per heavy atom. The normalized spacial score (nSPS) is 21.8. The van der Waals surface area contributed by atoms with E-state index in [0.29, 0.717) is 5.82 Å². The van der Waals surface area contributed by atoms with E-state index in [1.807, 2.05) is 40.7 Å². The molecule has 1 saturated heterocycles. The van der Waals surface area contributed by atoms with Gasteiger partial charge in [0.05, 0.1) is 11.2 Å². The van der Waals surface area contributed by atoms with Crippen molar-refractivity contribution in [3.63, 3.8) is 0 Å². The molecule has 5 heteroatoms. The number of hydrogen-bond donors (Lipinski definition) is 1. The summed E-state index contributed by atoms with van der Waals surface area (Å²) in [5, 5.41) is 0. The summed E-state index contributed by atoms with van der Waals surface area (Å²) >= 11 is 0. The summed E-state index contributed by atoms with van der Waals surface area (Å²) in [6.07, 6.45) is 0. The van der Waals surface area contributed by atoms with E-state index in [4.69, 9.17) is 15.0 Å². The van der Waals surface area contributed by atoms with Gasteiger partial charge in [-0.05, 0) is 52.2 Å². The molecule has 1 aliphatic rings. The lowest BCUT2D eigenvalue weighted by Gasteiger charge is -2.32. The van der Waals surface area contributed by atoms with Crippen LogP contribution in [-0.4, -0.2) is 23.3 Å². The van der Waals surface area contributed by atoms with E-state index in [2.05, 4.69) is 4.98 Å². The van der Waals surface area contributed by atoms with Crippen LogP contribution in [-0.2, 0) is 9.31 Å². The zero-order chi connectivity index (χ0) is 12.8. The number of anilines is 1. The lowest BCUT2D eigenvalue weighted by molar-refractivity contribution is 0.00578. The number of aryl methyl sites for hydroxylation is 1. The monoisotopic (exact) mass is 234 g/mol. The molecule has 0 amide bonds. The molecule has 17 heavy (non-hydrogen) atoms. The summed E-state index contributed by atoms with van der Waals surface area (Å²) in [6.45, 7) is 10.0. The number of nitrogens with zero attached hydrogens (tertiary/aromatic N) is 1. The minimum Gasteiger partial charge on any atom is -0.399 e. The second-order valence-electron chi connectivity index (χ2n) is 5.55. The quantitative estimate of drug-likeness (QED) is 0.743. The number of pyridine rings is 1. The van der Waals surface area contributed by atoms with Crippen molar-refractivity contribution in [1.29, 1.82) is 0 Å². The number of rotatable bonds is 1. The summed E-state index contributed by atoms with van der Waals surface area (Å²) < 4.78 is 11.9. The first-order valence-corrected chi connectivity index (χ1v) is 5.81. The second-order valence-corrected chi connectivity index (χ2v) is 5.55. The predicted octanol–water partition coefficient (Wildman–Crippen LogP) is 1.27. The summed E-state index contributed by atoms with van der Waals surface area (Å²) in [6, 6.07) is 3.74. The highest BCUT2D eigenvalue weighted by Gasteiger charge is 2.51. The lowest BCUT2D eigenvalue weighted by Crippen LogP contribution is -2.41. The van der Waals surface area contributed by atoms with E-state index in [1.165, 1.54) is 0 Å². The molecule has 0 spiro atoms. The van der Waals surface area contributed by atoms with E-state index in [1.54, 1.807) is 6.07 Å². The summed E-state index contributed by atoms with van der Waals surface area (Å²) in [5.41, 5.74) is 6.88. The van der Waals surface area contributed by atoms with Crippen LogP contribution in [0.3, 0.4) is 0 Å². The summed E-state index contributed by atoms with van der Waals surface area (Å²) in [4.78, 5) is 4.15. The number of nitrogens with two attached hydrogens (primary N) is 1. The zero-order valence-electron chi connectivity index (χ0n) is 11.1. The Morgan fingerprint density at radius 2 is 1.65 bits per heavy atom. The molecular weight excluding hydrogens is 215 g/mol. The maximum Gasteiger partial charge on any atom is 0.495 e. The first kappa shape index (κ1) is 12.4. The average Bonchev–Trinajstić information content (AvgIpc) is 2.34. The van der Waals surface area contributed by atoms with Crippen LogP contribution in [0.25, 0.3) is 0 Å². The number of hydrogen-bond acceptors (Lipinski definition) is 4. The van der Waals surface area contributed by atoms with Gasteiger partial charge in [0, 0.05) is 5.69 Å². The Labute approximate surface area is 103 Å². The molecule has 0 radical (unpaired) electrons. The molecular formula is C12H19BN2O2. The average molecular weight is 234 g/mol. The van der Waals surface area contributed by atoms with Crippen molar-refractivity contribution < 1.29 is 9.31 Å². The second kappa shape index (κ2) is 3.72. The van der Waals surface area contributed by atoms with Crippen LogP contribution in [0.5, 0.6) is 0 Å². The molecule has 1 aliphatic heterocycles. The van der Waals surface area contributed by atoms with Crippen LogP contribution in [0.4, 0.5) is 5.82 Å². The van der Waals surface area contributed by atoms with Gasteiger partial charge in [-0.2, -0.15) is 0 Å². The Balaban J connectivity index is 2.32. The van der Waals surface area contributed by atoms with Gasteiger partial charge in [-0.3, -0.25) is 0 Å². The first-order valence-electron chi connectivity index (χ1n) is 5.81. The Hall–Kier alpha value is -1.07. The van der Waals surface area contributed by atoms with E-state index >= 15 is 0 Å². The fraction of sp³-hybridized carbons (Fsp3) is 0.583. The third-order valence-electron chi connectivity index (χ3n) is 3.52. The molecule has 4 nitrogen and oxygen atoms in total. The van der Waals surface area contributed by atoms with Gasteiger partial charge < -0.3 is 15.0 Å². The predicted molar refractivity (Wildman–Crippen MR) is 69.1 cm³/mol. The fourth-order valence-corrected chi connectivity index (χ4v) is 1.84. The molecule has 0 saturated carbocycles. The van der Waals surface area contributed by atoms with Crippen molar-refractivity contribution in [3.8, 4) is 0 Å². The molecule has 0 bridgehead atoms. The van der Waals surface area contributed by atoms with Crippen molar-refractivity contribution >= 4 is 18.4 Å². The van der Waals surface area contributed by atoms with Crippen molar-refractivity contribution in [2.24, 2.45) is 0 Å². The van der Waals surface area contributed by atoms with E-state index in [0.717, 1.165) is 11.2 Å². The largest absolute Gasteiger partial charge is 0.495 e. The Kier molecular flexibility index (Phi) is 2.71. The molecule has 2 N–H and O–H groups in total. The molecule has 0 aliphatic carbocycles. The smallest absolute Gasteiger partial charge is 0.399 e. The van der Waals surface area contributed by atoms with E-state index in [-0.39, 0.29) is 18.3 Å². The van der Waals surface area contributed by atoms with Gasteiger partial charge in [0.2, 0.25) is 0 Å². The van der Waals surface area contributed by atoms with Gasteiger partial charge in [-0.1, -0.05) is 0 Å². The highest BCUT2D eigenvalue weighted by atomic mass is 16.7. The van der Waals surface area contributed by atoms with Gasteiger partial charge >= 0.3 is 7.12 Å². The lowest BCUT2D eigenvalue weighted by atomic mass is 9.79. The van der Waals surface area contributed by atoms with Crippen molar-refractivity contribution in [2.45, 2.75) is 45.8 Å². The zero-order valence-corrected chi connectivity index (χ0v) is 11.1. The molecule has 0 unspecified atom stereocenters. The number of aromatic nitrogens is 1. The Morgan fingerprint density at radius 3 is 2.12 bits per heavy atom. The van der Waals surface area contributed by atoms with Crippen LogP contribution >= 0.6 is 0 Å². The van der Waals surface area contributed by atoms with Gasteiger partial charge in [0.15, 0.2) is 0 Å². The molecule has 1 fully saturated rings. The SMILES string of the molecule is Cc1cc(B2OC(C)(C)C(C)(C)O2)cc(N)n1. The van der Waals surface area contributed by atoms with Gasteiger partial charge in [-0.15, -0.1) is 0 Å². The standard InChI is InChI=1S/C12H19BN2O2/c1-8-6-9(7-10(14)15-8)13-16-11(2,3)12(4,5)17-13/h6-7H,1-5H3,(H2,14,15).